The zero-order valence-corrected chi connectivity index (χ0v) is 23.7. The molecule has 0 aliphatic rings. The van der Waals surface area contributed by atoms with Gasteiger partial charge in [0.25, 0.3) is 10.1 Å². The van der Waals surface area contributed by atoms with Gasteiger partial charge in [-0.1, -0.05) is 51.3 Å². The monoisotopic (exact) mass is 550 g/mol. The van der Waals surface area contributed by atoms with E-state index in [1.165, 1.54) is 6.07 Å². The van der Waals surface area contributed by atoms with Gasteiger partial charge in [-0.15, -0.1) is 0 Å². The van der Waals surface area contributed by atoms with Gasteiger partial charge in [-0.25, -0.2) is 0 Å². The van der Waals surface area contributed by atoms with Crippen LogP contribution >= 0.6 is 0 Å². The highest BCUT2D eigenvalue weighted by Crippen LogP contribution is 2.25. The maximum atomic E-state index is 12.0. The van der Waals surface area contributed by atoms with Gasteiger partial charge in [0.2, 0.25) is 17.8 Å². The first-order valence-corrected chi connectivity index (χ1v) is 14.5. The number of unbranched alkanes of at least 4 members (excludes halogenated alkanes) is 1. The highest BCUT2D eigenvalue weighted by Gasteiger charge is 2.19. The Morgan fingerprint density at radius 1 is 1.05 bits per heavy atom. The summed E-state index contributed by atoms with van der Waals surface area (Å²) in [7, 11) is -4.48. The number of rotatable bonds is 16. The van der Waals surface area contributed by atoms with Crippen molar-refractivity contribution in [2.75, 3.05) is 35.2 Å². The van der Waals surface area contributed by atoms with Gasteiger partial charge in [0.1, 0.15) is 4.90 Å². The summed E-state index contributed by atoms with van der Waals surface area (Å²) in [5.74, 6) is 1.14. The van der Waals surface area contributed by atoms with E-state index in [9.17, 15) is 23.2 Å². The van der Waals surface area contributed by atoms with Crippen LogP contribution in [0, 0.1) is 5.92 Å². The maximum Gasteiger partial charge on any atom is 0.295 e. The molecule has 11 nitrogen and oxygen atoms in total. The summed E-state index contributed by atoms with van der Waals surface area (Å²) >= 11 is 0. The summed E-state index contributed by atoms with van der Waals surface area (Å²) < 4.78 is 33.7. The summed E-state index contributed by atoms with van der Waals surface area (Å²) in [6.07, 6.45) is 6.19. The lowest BCUT2D eigenvalue weighted by Gasteiger charge is -2.26. The molecule has 0 aliphatic heterocycles. The predicted octanol–water partition coefficient (Wildman–Crippen LogP) is 4.09. The van der Waals surface area contributed by atoms with Crippen molar-refractivity contribution in [3.05, 3.63) is 29.8 Å². The summed E-state index contributed by atoms with van der Waals surface area (Å²) in [6.45, 7) is 10.4. The number of nitrogens with zero attached hydrogens (tertiary/aromatic N) is 4. The molecule has 12 heteroatoms. The molecule has 0 amide bonds. The SMILES string of the molecule is CC=Cc1ccc(Nc2nc(NCC(CC)CCCC)nc(N(CC(C)O)CC(C)O)n2)cc1S(=O)(=O)O. The second-order valence-corrected chi connectivity index (χ2v) is 10.9. The van der Waals surface area contributed by atoms with Crippen LogP contribution in [0.3, 0.4) is 0 Å². The van der Waals surface area contributed by atoms with Crippen LogP contribution < -0.4 is 15.5 Å². The molecule has 5 N–H and O–H groups in total. The number of aromatic nitrogens is 3. The van der Waals surface area contributed by atoms with Gasteiger partial charge in [-0.3, -0.25) is 4.55 Å². The molecule has 1 aromatic heterocycles. The lowest BCUT2D eigenvalue weighted by Crippen LogP contribution is -2.37. The molecule has 1 aromatic carbocycles. The van der Waals surface area contributed by atoms with Gasteiger partial charge in [0.05, 0.1) is 12.2 Å². The highest BCUT2D eigenvalue weighted by molar-refractivity contribution is 7.86. The molecule has 0 spiro atoms. The topological polar surface area (TPSA) is 161 Å². The number of hydrogen-bond donors (Lipinski definition) is 5. The molecule has 0 saturated carbocycles. The summed E-state index contributed by atoms with van der Waals surface area (Å²) in [5.41, 5.74) is 0.693. The second-order valence-electron chi connectivity index (χ2n) is 9.54. The van der Waals surface area contributed by atoms with Crippen molar-refractivity contribution in [1.29, 1.82) is 0 Å². The van der Waals surface area contributed by atoms with Crippen molar-refractivity contribution < 1.29 is 23.2 Å². The quantitative estimate of drug-likeness (QED) is 0.191. The summed E-state index contributed by atoms with van der Waals surface area (Å²) in [6, 6.07) is 4.53. The third-order valence-electron chi connectivity index (χ3n) is 5.86. The van der Waals surface area contributed by atoms with Crippen molar-refractivity contribution in [3.63, 3.8) is 0 Å². The van der Waals surface area contributed by atoms with E-state index in [0.717, 1.165) is 25.7 Å². The number of aliphatic hydroxyl groups excluding tert-OH is 2. The Morgan fingerprint density at radius 2 is 1.71 bits per heavy atom. The molecule has 38 heavy (non-hydrogen) atoms. The van der Waals surface area contributed by atoms with Crippen molar-refractivity contribution in [1.82, 2.24) is 15.0 Å². The summed E-state index contributed by atoms with van der Waals surface area (Å²) in [5, 5.41) is 26.4. The molecular weight excluding hydrogens is 508 g/mol. The number of anilines is 4. The Hall–Kier alpha value is -2.80. The maximum absolute atomic E-state index is 12.0. The molecule has 0 aliphatic carbocycles. The molecule has 3 unspecified atom stereocenters. The van der Waals surface area contributed by atoms with Crippen molar-refractivity contribution in [2.45, 2.75) is 77.4 Å². The van der Waals surface area contributed by atoms with E-state index in [1.807, 2.05) is 0 Å². The molecule has 2 aromatic rings. The molecule has 212 valence electrons. The van der Waals surface area contributed by atoms with Crippen molar-refractivity contribution in [3.8, 4) is 0 Å². The van der Waals surface area contributed by atoms with Crippen LogP contribution in [0.15, 0.2) is 29.2 Å². The molecule has 2 rings (SSSR count). The van der Waals surface area contributed by atoms with Crippen LogP contribution in [0.5, 0.6) is 0 Å². The van der Waals surface area contributed by atoms with Gasteiger partial charge in [-0.2, -0.15) is 23.4 Å². The van der Waals surface area contributed by atoms with Gasteiger partial charge < -0.3 is 25.7 Å². The average molecular weight is 551 g/mol. The molecule has 0 bridgehead atoms. The minimum atomic E-state index is -4.48. The zero-order chi connectivity index (χ0) is 28.3. The first-order valence-electron chi connectivity index (χ1n) is 13.1. The van der Waals surface area contributed by atoms with Gasteiger partial charge in [0, 0.05) is 25.3 Å². The number of aliphatic hydroxyl groups is 2. The van der Waals surface area contributed by atoms with E-state index >= 15 is 0 Å². The predicted molar refractivity (Wildman–Crippen MR) is 151 cm³/mol. The van der Waals surface area contributed by atoms with Gasteiger partial charge in [0.15, 0.2) is 0 Å². The van der Waals surface area contributed by atoms with E-state index in [4.69, 9.17) is 0 Å². The van der Waals surface area contributed by atoms with Gasteiger partial charge in [-0.05, 0) is 50.8 Å². The first-order chi connectivity index (χ1) is 18.0. The Balaban J connectivity index is 2.48. The number of hydrogen-bond acceptors (Lipinski definition) is 10. The lowest BCUT2D eigenvalue weighted by molar-refractivity contribution is 0.177. The molecule has 0 fully saturated rings. The molecule has 3 atom stereocenters. The number of nitrogens with one attached hydrogen (secondary N) is 2. The van der Waals surface area contributed by atoms with Crippen molar-refractivity contribution >= 4 is 39.7 Å². The first kappa shape index (κ1) is 31.4. The Labute approximate surface area is 226 Å². The van der Waals surface area contributed by atoms with E-state index in [2.05, 4.69) is 39.4 Å². The second kappa shape index (κ2) is 15.0. The fraction of sp³-hybridized carbons (Fsp3) is 0.577. The molecular formula is C26H42N6O5S. The number of benzene rings is 1. The minimum Gasteiger partial charge on any atom is -0.392 e. The van der Waals surface area contributed by atoms with E-state index in [-0.39, 0.29) is 29.9 Å². The van der Waals surface area contributed by atoms with E-state index < -0.39 is 22.3 Å². The normalized spacial score (nSPS) is 14.3. The standard InChI is InChI=1S/C26H42N6O5S/c1-6-9-11-20(8-3)15-27-24-29-25(31-26(30-24)32(16-18(4)33)17-19(5)34)28-22-13-12-21(10-7-2)23(14-22)38(35,36)37/h7,10,12-14,18-20,33-34H,6,8-9,11,15-17H2,1-5H3,(H,35,36,37)(H2,27,28,29,30,31). The highest BCUT2D eigenvalue weighted by atomic mass is 32.2. The third-order valence-corrected chi connectivity index (χ3v) is 6.77. The third kappa shape index (κ3) is 10.2. The molecule has 0 saturated heterocycles. The van der Waals surface area contributed by atoms with Crippen LogP contribution in [0.25, 0.3) is 6.08 Å². The van der Waals surface area contributed by atoms with E-state index in [0.29, 0.717) is 29.7 Å². The lowest BCUT2D eigenvalue weighted by atomic mass is 9.99. The fourth-order valence-corrected chi connectivity index (χ4v) is 4.69. The Kier molecular flexibility index (Phi) is 12.4. The van der Waals surface area contributed by atoms with Crippen LogP contribution in [0.4, 0.5) is 23.5 Å². The molecule has 0 radical (unpaired) electrons. The Bertz CT molecular complexity index is 1150. The van der Waals surface area contributed by atoms with Gasteiger partial charge >= 0.3 is 0 Å². The van der Waals surface area contributed by atoms with Crippen LogP contribution in [0.2, 0.25) is 0 Å². The fourth-order valence-electron chi connectivity index (χ4n) is 3.98. The largest absolute Gasteiger partial charge is 0.392 e. The van der Waals surface area contributed by atoms with Crippen LogP contribution in [0.1, 0.15) is 65.9 Å². The Morgan fingerprint density at radius 3 is 2.26 bits per heavy atom. The number of allylic oxidation sites excluding steroid dienone is 1. The molecule has 1 heterocycles. The van der Waals surface area contributed by atoms with Crippen LogP contribution in [-0.4, -0.2) is 70.0 Å². The summed E-state index contributed by atoms with van der Waals surface area (Å²) in [4.78, 5) is 14.9. The average Bonchev–Trinajstić information content (AvgIpc) is 2.83. The van der Waals surface area contributed by atoms with E-state index in [1.54, 1.807) is 50.0 Å². The minimum absolute atomic E-state index is 0.139. The van der Waals surface area contributed by atoms with Crippen LogP contribution in [-0.2, 0) is 10.1 Å². The zero-order valence-electron chi connectivity index (χ0n) is 22.9. The van der Waals surface area contributed by atoms with Crippen molar-refractivity contribution in [2.24, 2.45) is 5.92 Å². The smallest absolute Gasteiger partial charge is 0.295 e.